The van der Waals surface area contributed by atoms with Gasteiger partial charge in [0.05, 0.1) is 0 Å². The van der Waals surface area contributed by atoms with Gasteiger partial charge in [0.2, 0.25) is 0 Å². The van der Waals surface area contributed by atoms with Gasteiger partial charge in [-0.1, -0.05) is 0 Å². The van der Waals surface area contributed by atoms with Crippen molar-refractivity contribution in [3.8, 4) is 21.9 Å². The SMILES string of the molecule is C#[C][Au]([c]1cccc(C(=O)N(c2ccccc2)c2ccccc2)c1)=[c]1n(-c2c(C(C)C)cccc2C(C)C)ccn1-c1c(C(C)C)cccc1C(C)C. The predicted molar refractivity (Wildman–Crippen MR) is 219 cm³/mol. The van der Waals surface area contributed by atoms with Crippen LogP contribution in [0.5, 0.6) is 0 Å². The quantitative estimate of drug-likeness (QED) is 0.0996. The van der Waals surface area contributed by atoms with Gasteiger partial charge in [-0.2, -0.15) is 0 Å². The first-order chi connectivity index (χ1) is 25.5. The number of carbonyl (C=O) groups excluding carboxylic acids is 1. The van der Waals surface area contributed by atoms with Crippen LogP contribution in [0.15, 0.2) is 134 Å². The van der Waals surface area contributed by atoms with Gasteiger partial charge >= 0.3 is 324 Å². The third-order valence-electron chi connectivity index (χ3n) is 9.57. The van der Waals surface area contributed by atoms with Crippen LogP contribution < -0.4 is 8.68 Å². The molecule has 1 amide bonds. The van der Waals surface area contributed by atoms with Crippen LogP contribution in [0.4, 0.5) is 11.4 Å². The zero-order valence-corrected chi connectivity index (χ0v) is 34.3. The number of amides is 1. The molecular weight excluding hydrogens is 832 g/mol. The van der Waals surface area contributed by atoms with Crippen LogP contribution in [0.25, 0.3) is 11.4 Å². The first kappa shape index (κ1) is 37.8. The Kier molecular flexibility index (Phi) is 11.7. The van der Waals surface area contributed by atoms with E-state index in [0.29, 0.717) is 29.2 Å². The third-order valence-corrected chi connectivity index (χ3v) is 14.1. The van der Waals surface area contributed by atoms with Gasteiger partial charge in [0.15, 0.2) is 0 Å². The number of hydrogen-bond donors (Lipinski definition) is 0. The molecule has 6 aromatic rings. The zero-order chi connectivity index (χ0) is 37.8. The van der Waals surface area contributed by atoms with Crippen LogP contribution in [-0.2, 0) is 18.0 Å². The fourth-order valence-corrected chi connectivity index (χ4v) is 11.2. The van der Waals surface area contributed by atoms with Crippen molar-refractivity contribution in [2.45, 2.75) is 79.1 Å². The molecule has 5 heteroatoms. The van der Waals surface area contributed by atoms with Crippen LogP contribution in [-0.4, -0.2) is 15.0 Å². The molecular formula is C48H51AuN3O. The fourth-order valence-electron chi connectivity index (χ4n) is 6.93. The summed E-state index contributed by atoms with van der Waals surface area (Å²) in [5, 5.41) is 0. The minimum atomic E-state index is -2.60. The number of carbonyl (C=O) groups is 1. The molecule has 0 aliphatic heterocycles. The average Bonchev–Trinajstić information content (AvgIpc) is 3.59. The van der Waals surface area contributed by atoms with Crippen LogP contribution in [0, 0.1) is 14.2 Å². The molecule has 0 saturated carbocycles. The van der Waals surface area contributed by atoms with Crippen molar-refractivity contribution in [1.29, 1.82) is 0 Å². The van der Waals surface area contributed by atoms with E-state index in [4.69, 9.17) is 6.42 Å². The molecule has 6 rings (SSSR count). The number of imidazole rings is 1. The van der Waals surface area contributed by atoms with Gasteiger partial charge in [-0.3, -0.25) is 0 Å². The van der Waals surface area contributed by atoms with E-state index in [0.717, 1.165) is 18.8 Å². The summed E-state index contributed by atoms with van der Waals surface area (Å²) in [6, 6.07) is 41.2. The van der Waals surface area contributed by atoms with E-state index in [-0.39, 0.29) is 5.91 Å². The Hall–Kier alpha value is -4.92. The number of aromatic nitrogens is 2. The molecule has 0 spiro atoms. The Morgan fingerprint density at radius 3 is 1.34 bits per heavy atom. The number of hydrogen-bond acceptors (Lipinski definition) is 1. The molecule has 0 radical (unpaired) electrons. The van der Waals surface area contributed by atoms with E-state index in [9.17, 15) is 4.79 Å². The average molecular weight is 883 g/mol. The molecule has 53 heavy (non-hydrogen) atoms. The molecule has 0 saturated heterocycles. The molecule has 0 N–H and O–H groups in total. The standard InChI is InChI=1S/C27H36N2.C19H14NO.C2H.Au/c1-18(2)22-11-9-12-23(19(3)4)26(22)28-15-16-29(17-28)27-24(20(5)6)13-10-14-25(27)21(7)8;21-19(16-10-4-1-5-11-16)20(17-12-6-2-7-13-17)18-14-8-3-9-15-18;1-2;/h9-16,18-21H,1-8H3;1-4,6-15H;1H;. The summed E-state index contributed by atoms with van der Waals surface area (Å²) in [5.74, 6) is 1.11. The maximum absolute atomic E-state index is 14.6. The van der Waals surface area contributed by atoms with Gasteiger partial charge in [0.25, 0.3) is 0 Å². The summed E-state index contributed by atoms with van der Waals surface area (Å²) in [5.41, 5.74) is 9.80. The van der Waals surface area contributed by atoms with Crippen molar-refractivity contribution in [1.82, 2.24) is 9.13 Å². The van der Waals surface area contributed by atoms with E-state index in [2.05, 4.69) is 130 Å². The normalized spacial score (nSPS) is 11.7. The van der Waals surface area contributed by atoms with Crippen LogP contribution in [0.1, 0.15) is 112 Å². The van der Waals surface area contributed by atoms with E-state index in [1.807, 2.05) is 72.8 Å². The van der Waals surface area contributed by atoms with Gasteiger partial charge in [-0.05, 0) is 0 Å². The van der Waals surface area contributed by atoms with Gasteiger partial charge in [0, 0.05) is 0 Å². The predicted octanol–water partition coefficient (Wildman–Crippen LogP) is 11.8. The maximum atomic E-state index is 14.6. The van der Waals surface area contributed by atoms with Crippen molar-refractivity contribution < 1.29 is 22.8 Å². The molecule has 0 bridgehead atoms. The molecule has 0 unspecified atom stereocenters. The summed E-state index contributed by atoms with van der Waals surface area (Å²) < 4.78 is 10.3. The van der Waals surface area contributed by atoms with Gasteiger partial charge in [0.1, 0.15) is 0 Å². The van der Waals surface area contributed by atoms with Crippen molar-refractivity contribution in [2.75, 3.05) is 4.90 Å². The molecule has 4 nitrogen and oxygen atoms in total. The Labute approximate surface area is 322 Å². The number of anilines is 2. The second kappa shape index (κ2) is 16.4. The second-order valence-corrected chi connectivity index (χ2v) is 19.0. The molecule has 5 aromatic carbocycles. The topological polar surface area (TPSA) is 30.2 Å². The third kappa shape index (κ3) is 7.62. The Balaban J connectivity index is 1.70. The number of nitrogens with zero attached hydrogens (tertiary/aromatic N) is 3. The number of terminal acetylenes is 1. The zero-order valence-electron chi connectivity index (χ0n) is 32.1. The van der Waals surface area contributed by atoms with Crippen molar-refractivity contribution in [3.63, 3.8) is 0 Å². The van der Waals surface area contributed by atoms with Crippen molar-refractivity contribution >= 4 is 21.1 Å². The van der Waals surface area contributed by atoms with E-state index < -0.39 is 18.0 Å². The molecule has 1 heterocycles. The van der Waals surface area contributed by atoms with Crippen LogP contribution >= 0.6 is 0 Å². The number of benzene rings is 5. The monoisotopic (exact) mass is 882 g/mol. The number of para-hydroxylation sites is 4. The van der Waals surface area contributed by atoms with E-state index in [1.54, 1.807) is 4.90 Å². The molecule has 1 aromatic heterocycles. The fraction of sp³-hybridized carbons (Fsp3) is 0.250. The van der Waals surface area contributed by atoms with Gasteiger partial charge < -0.3 is 0 Å². The molecule has 0 fully saturated rings. The van der Waals surface area contributed by atoms with Crippen LogP contribution in [0.2, 0.25) is 0 Å². The van der Waals surface area contributed by atoms with Gasteiger partial charge in [-0.25, -0.2) is 0 Å². The summed E-state index contributed by atoms with van der Waals surface area (Å²) in [7, 11) is 0. The Morgan fingerprint density at radius 1 is 0.566 bits per heavy atom. The van der Waals surface area contributed by atoms with Crippen LogP contribution in [0.3, 0.4) is 0 Å². The first-order valence-corrected chi connectivity index (χ1v) is 21.8. The minimum absolute atomic E-state index is 0.0987. The first-order valence-electron chi connectivity index (χ1n) is 18.5. The summed E-state index contributed by atoms with van der Waals surface area (Å²) in [6.07, 6.45) is 11.2. The van der Waals surface area contributed by atoms with E-state index in [1.165, 1.54) is 33.6 Å². The van der Waals surface area contributed by atoms with Crippen molar-refractivity contribution in [3.05, 3.63) is 165 Å². The molecule has 275 valence electrons. The Morgan fingerprint density at radius 2 is 0.962 bits per heavy atom. The Bertz CT molecular complexity index is 2160. The molecule has 0 aliphatic rings. The van der Waals surface area contributed by atoms with Crippen molar-refractivity contribution in [2.24, 2.45) is 0 Å². The molecule has 0 atom stereocenters. The second-order valence-electron chi connectivity index (χ2n) is 14.6. The molecule has 0 aliphatic carbocycles. The van der Waals surface area contributed by atoms with E-state index >= 15 is 0 Å². The summed E-state index contributed by atoms with van der Waals surface area (Å²) in [6.45, 7) is 18.1. The summed E-state index contributed by atoms with van der Waals surface area (Å²) >= 11 is -2.60. The van der Waals surface area contributed by atoms with Gasteiger partial charge in [-0.15, -0.1) is 0 Å². The summed E-state index contributed by atoms with van der Waals surface area (Å²) in [4.78, 5) is 16.4. The number of rotatable bonds is 10.